The second kappa shape index (κ2) is 7.85. The summed E-state index contributed by atoms with van der Waals surface area (Å²) in [5, 5.41) is 15.2. The van der Waals surface area contributed by atoms with Gasteiger partial charge in [-0.1, -0.05) is 18.9 Å². The number of carbonyl (C=O) groups is 1. The van der Waals surface area contributed by atoms with E-state index in [1.54, 1.807) is 6.20 Å². The minimum absolute atomic E-state index is 0.104. The number of hydrogen-bond donors (Lipinski definition) is 3. The molecule has 1 aromatic heterocycles. The lowest BCUT2D eigenvalue weighted by atomic mass is 9.85. The molecule has 3 N–H and O–H groups in total. The van der Waals surface area contributed by atoms with Crippen LogP contribution in [0.2, 0.25) is 0 Å². The summed E-state index contributed by atoms with van der Waals surface area (Å²) in [7, 11) is 0. The number of carbonyl (C=O) groups excluding carboxylic acids is 1. The number of nitrogens with one attached hydrogen (secondary N) is 2. The van der Waals surface area contributed by atoms with Gasteiger partial charge < -0.3 is 15.7 Å². The maximum absolute atomic E-state index is 11.8. The predicted molar refractivity (Wildman–Crippen MR) is 77.3 cm³/mol. The molecule has 1 heterocycles. The van der Waals surface area contributed by atoms with E-state index in [9.17, 15) is 9.90 Å². The first-order chi connectivity index (χ1) is 9.79. The van der Waals surface area contributed by atoms with Crippen molar-refractivity contribution in [2.75, 3.05) is 13.2 Å². The molecule has 0 spiro atoms. The number of rotatable bonds is 5. The van der Waals surface area contributed by atoms with Crippen molar-refractivity contribution in [1.29, 1.82) is 0 Å². The number of hydrogen-bond acceptors (Lipinski definition) is 3. The molecule has 0 aliphatic heterocycles. The van der Waals surface area contributed by atoms with Crippen LogP contribution >= 0.6 is 0 Å². The van der Waals surface area contributed by atoms with Gasteiger partial charge in [0.1, 0.15) is 0 Å². The molecule has 110 valence electrons. The van der Waals surface area contributed by atoms with Crippen molar-refractivity contribution in [1.82, 2.24) is 15.6 Å². The van der Waals surface area contributed by atoms with Crippen LogP contribution in [0.25, 0.3) is 0 Å². The Balaban J connectivity index is 1.69. The number of nitrogens with zero attached hydrogens (tertiary/aromatic N) is 1. The van der Waals surface area contributed by atoms with Crippen LogP contribution < -0.4 is 10.6 Å². The zero-order valence-corrected chi connectivity index (χ0v) is 11.7. The molecule has 0 bridgehead atoms. The Morgan fingerprint density at radius 1 is 1.40 bits per heavy atom. The number of urea groups is 1. The van der Waals surface area contributed by atoms with Gasteiger partial charge in [-0.2, -0.15) is 0 Å². The summed E-state index contributed by atoms with van der Waals surface area (Å²) in [4.78, 5) is 15.9. The van der Waals surface area contributed by atoms with Gasteiger partial charge >= 0.3 is 6.03 Å². The first-order valence-corrected chi connectivity index (χ1v) is 7.33. The predicted octanol–water partition coefficient (Wildman–Crippen LogP) is 1.47. The summed E-state index contributed by atoms with van der Waals surface area (Å²) in [6.07, 6.45) is 8.54. The lowest BCUT2D eigenvalue weighted by molar-refractivity contribution is 0.154. The van der Waals surface area contributed by atoms with E-state index in [4.69, 9.17) is 0 Å². The van der Waals surface area contributed by atoms with Gasteiger partial charge in [-0.15, -0.1) is 0 Å². The lowest BCUT2D eigenvalue weighted by Gasteiger charge is -2.30. The zero-order valence-electron chi connectivity index (χ0n) is 11.7. The maximum atomic E-state index is 11.8. The quantitative estimate of drug-likeness (QED) is 0.763. The molecule has 2 atom stereocenters. The minimum Gasteiger partial charge on any atom is -0.396 e. The van der Waals surface area contributed by atoms with Crippen molar-refractivity contribution in [2.24, 2.45) is 5.92 Å². The van der Waals surface area contributed by atoms with Crippen LogP contribution in [0.15, 0.2) is 24.5 Å². The van der Waals surface area contributed by atoms with Gasteiger partial charge in [0, 0.05) is 37.5 Å². The zero-order chi connectivity index (χ0) is 14.2. The molecule has 1 aliphatic carbocycles. The largest absolute Gasteiger partial charge is 0.396 e. The second-order valence-electron chi connectivity index (χ2n) is 5.35. The molecular formula is C15H23N3O2. The van der Waals surface area contributed by atoms with Crippen molar-refractivity contribution >= 4 is 6.03 Å². The first-order valence-electron chi connectivity index (χ1n) is 7.33. The van der Waals surface area contributed by atoms with E-state index >= 15 is 0 Å². The van der Waals surface area contributed by atoms with E-state index in [0.29, 0.717) is 6.54 Å². The van der Waals surface area contributed by atoms with Gasteiger partial charge in [0.15, 0.2) is 0 Å². The summed E-state index contributed by atoms with van der Waals surface area (Å²) in [6.45, 7) is 0.745. The van der Waals surface area contributed by atoms with Crippen LogP contribution in [-0.2, 0) is 6.42 Å². The highest BCUT2D eigenvalue weighted by molar-refractivity contribution is 5.74. The molecular weight excluding hydrogens is 254 g/mol. The van der Waals surface area contributed by atoms with E-state index in [-0.39, 0.29) is 24.6 Å². The fraction of sp³-hybridized carbons (Fsp3) is 0.600. The highest BCUT2D eigenvalue weighted by Gasteiger charge is 2.25. The Kier molecular flexibility index (Phi) is 5.80. The third-order valence-corrected chi connectivity index (χ3v) is 3.88. The summed E-state index contributed by atoms with van der Waals surface area (Å²) < 4.78 is 0. The normalized spacial score (nSPS) is 22.2. The highest BCUT2D eigenvalue weighted by Crippen LogP contribution is 2.23. The molecule has 0 saturated heterocycles. The highest BCUT2D eigenvalue weighted by atomic mass is 16.3. The molecule has 2 unspecified atom stereocenters. The van der Waals surface area contributed by atoms with E-state index in [0.717, 1.165) is 37.7 Å². The SMILES string of the molecule is O=C(NCCc1cccnc1)NC1CCCCC1CO. The van der Waals surface area contributed by atoms with Gasteiger partial charge in [0.05, 0.1) is 0 Å². The van der Waals surface area contributed by atoms with Crippen LogP contribution in [0.4, 0.5) is 4.79 Å². The van der Waals surface area contributed by atoms with Crippen LogP contribution in [-0.4, -0.2) is 35.3 Å². The van der Waals surface area contributed by atoms with Crippen LogP contribution in [0, 0.1) is 5.92 Å². The topological polar surface area (TPSA) is 74.2 Å². The number of pyridine rings is 1. The van der Waals surface area contributed by atoms with Crippen molar-refractivity contribution in [2.45, 2.75) is 38.1 Å². The van der Waals surface area contributed by atoms with Crippen molar-refractivity contribution in [3.63, 3.8) is 0 Å². The fourth-order valence-corrected chi connectivity index (χ4v) is 2.70. The molecule has 1 saturated carbocycles. The smallest absolute Gasteiger partial charge is 0.315 e. The molecule has 5 heteroatoms. The number of aromatic nitrogens is 1. The Labute approximate surface area is 119 Å². The Bertz CT molecular complexity index is 411. The van der Waals surface area contributed by atoms with Gasteiger partial charge in [-0.25, -0.2) is 4.79 Å². The Hall–Kier alpha value is -1.62. The van der Waals surface area contributed by atoms with E-state index in [2.05, 4.69) is 15.6 Å². The lowest BCUT2D eigenvalue weighted by Crippen LogP contribution is -2.48. The average molecular weight is 277 g/mol. The minimum atomic E-state index is -0.140. The maximum Gasteiger partial charge on any atom is 0.315 e. The molecule has 20 heavy (non-hydrogen) atoms. The van der Waals surface area contributed by atoms with Crippen LogP contribution in [0.5, 0.6) is 0 Å². The molecule has 1 aromatic rings. The van der Waals surface area contributed by atoms with E-state index in [1.165, 1.54) is 0 Å². The summed E-state index contributed by atoms with van der Waals surface area (Å²) in [5.74, 6) is 0.202. The Morgan fingerprint density at radius 2 is 2.25 bits per heavy atom. The average Bonchev–Trinajstić information content (AvgIpc) is 2.49. The number of aliphatic hydroxyl groups excluding tert-OH is 1. The third kappa shape index (κ3) is 4.49. The Morgan fingerprint density at radius 3 is 3.00 bits per heavy atom. The van der Waals surface area contributed by atoms with Crippen molar-refractivity contribution in [3.8, 4) is 0 Å². The van der Waals surface area contributed by atoms with Crippen LogP contribution in [0.1, 0.15) is 31.2 Å². The molecule has 5 nitrogen and oxygen atoms in total. The van der Waals surface area contributed by atoms with E-state index in [1.807, 2.05) is 18.3 Å². The molecule has 2 amide bonds. The third-order valence-electron chi connectivity index (χ3n) is 3.88. The van der Waals surface area contributed by atoms with Gasteiger partial charge in [0.2, 0.25) is 0 Å². The van der Waals surface area contributed by atoms with Crippen LogP contribution in [0.3, 0.4) is 0 Å². The molecule has 0 radical (unpaired) electrons. The first kappa shape index (κ1) is 14.8. The second-order valence-corrected chi connectivity index (χ2v) is 5.35. The molecule has 1 aliphatic rings. The van der Waals surface area contributed by atoms with Crippen molar-refractivity contribution < 1.29 is 9.90 Å². The monoisotopic (exact) mass is 277 g/mol. The van der Waals surface area contributed by atoms with Gasteiger partial charge in [-0.3, -0.25) is 4.98 Å². The summed E-state index contributed by atoms with van der Waals surface area (Å²) >= 11 is 0. The number of aliphatic hydroxyl groups is 1. The summed E-state index contributed by atoms with van der Waals surface area (Å²) in [5.41, 5.74) is 1.11. The number of amides is 2. The van der Waals surface area contributed by atoms with Gasteiger partial charge in [0.25, 0.3) is 0 Å². The van der Waals surface area contributed by atoms with E-state index < -0.39 is 0 Å². The standard InChI is InChI=1S/C15H23N3O2/c19-11-13-5-1-2-6-14(13)18-15(20)17-9-7-12-4-3-8-16-10-12/h3-4,8,10,13-14,19H,1-2,5-7,9,11H2,(H2,17,18,20). The van der Waals surface area contributed by atoms with Gasteiger partial charge in [-0.05, 0) is 30.9 Å². The fourth-order valence-electron chi connectivity index (χ4n) is 2.70. The molecule has 0 aromatic carbocycles. The summed E-state index contributed by atoms with van der Waals surface area (Å²) in [6, 6.07) is 3.85. The van der Waals surface area contributed by atoms with Crippen molar-refractivity contribution in [3.05, 3.63) is 30.1 Å². The molecule has 1 fully saturated rings. The molecule has 2 rings (SSSR count).